The highest BCUT2D eigenvalue weighted by Crippen LogP contribution is 2.42. The molecule has 2 N–H and O–H groups in total. The lowest BCUT2D eigenvalue weighted by molar-refractivity contribution is -0.137. The highest BCUT2D eigenvalue weighted by Gasteiger charge is 2.36. The largest absolute Gasteiger partial charge is 0.496 e. The number of hydrogen-bond donors (Lipinski definition) is 1. The summed E-state index contributed by atoms with van der Waals surface area (Å²) in [5, 5.41) is 0.0470. The molecule has 1 aromatic heterocycles. The van der Waals surface area contributed by atoms with E-state index in [1.54, 1.807) is 0 Å². The summed E-state index contributed by atoms with van der Waals surface area (Å²) in [5.41, 5.74) is 3.50. The van der Waals surface area contributed by atoms with Gasteiger partial charge in [0.15, 0.2) is 0 Å². The molecule has 0 bridgehead atoms. The van der Waals surface area contributed by atoms with Crippen molar-refractivity contribution in [1.29, 1.82) is 0 Å². The number of aromatic nitrogens is 1. The first kappa shape index (κ1) is 16.1. The number of pyridine rings is 1. The second-order valence-corrected chi connectivity index (χ2v) is 4.68. The van der Waals surface area contributed by atoms with Crippen LogP contribution in [0.1, 0.15) is 15.9 Å². The van der Waals surface area contributed by atoms with Gasteiger partial charge in [0.25, 0.3) is 0 Å². The predicted molar refractivity (Wildman–Crippen MR) is 74.8 cm³/mol. The smallest absolute Gasteiger partial charge is 0.417 e. The molecule has 0 saturated carbocycles. The molecule has 2 aromatic rings. The number of primary amides is 1. The first-order valence-corrected chi connectivity index (χ1v) is 6.33. The van der Waals surface area contributed by atoms with Crippen LogP contribution >= 0.6 is 11.6 Å². The monoisotopic (exact) mass is 330 g/mol. The maximum absolute atomic E-state index is 13.3. The Morgan fingerprint density at radius 2 is 2.05 bits per heavy atom. The average molecular weight is 331 g/mol. The van der Waals surface area contributed by atoms with Gasteiger partial charge in [0.2, 0.25) is 5.91 Å². The van der Waals surface area contributed by atoms with Crippen molar-refractivity contribution in [3.05, 3.63) is 46.7 Å². The van der Waals surface area contributed by atoms with E-state index in [9.17, 15) is 18.0 Å². The van der Waals surface area contributed by atoms with Crippen molar-refractivity contribution in [3.8, 4) is 16.9 Å². The number of amides is 1. The van der Waals surface area contributed by atoms with E-state index in [0.717, 1.165) is 18.3 Å². The summed E-state index contributed by atoms with van der Waals surface area (Å²) < 4.78 is 44.8. The molecule has 116 valence electrons. The average Bonchev–Trinajstić information content (AvgIpc) is 2.45. The number of carbonyl (C=O) groups is 1. The molecule has 0 saturated heterocycles. The number of hydrogen-bond acceptors (Lipinski definition) is 3. The molecule has 4 nitrogen and oxygen atoms in total. The van der Waals surface area contributed by atoms with Crippen LogP contribution in [0.5, 0.6) is 5.75 Å². The first-order valence-electron chi connectivity index (χ1n) is 5.95. The number of ether oxygens (including phenoxy) is 1. The fraction of sp³-hybridized carbons (Fsp3) is 0.143. The normalized spacial score (nSPS) is 11.3. The van der Waals surface area contributed by atoms with Gasteiger partial charge in [-0.1, -0.05) is 17.7 Å². The van der Waals surface area contributed by atoms with Gasteiger partial charge in [-0.2, -0.15) is 13.2 Å². The van der Waals surface area contributed by atoms with Crippen molar-refractivity contribution in [1.82, 2.24) is 4.98 Å². The summed E-state index contributed by atoms with van der Waals surface area (Å²) in [4.78, 5) is 15.3. The van der Waals surface area contributed by atoms with Gasteiger partial charge >= 0.3 is 6.18 Å². The van der Waals surface area contributed by atoms with Gasteiger partial charge in [0.1, 0.15) is 10.9 Å². The Morgan fingerprint density at radius 3 is 2.59 bits per heavy atom. The standard InChI is InChI=1S/C14H10ClF3N2O2/c1-22-10-5-11(15)20-6-8(10)12-7(13(19)21)3-2-4-9(12)14(16,17)18/h2-6H,1H3,(H2,19,21). The molecule has 0 aliphatic rings. The van der Waals surface area contributed by atoms with E-state index < -0.39 is 17.6 Å². The Kier molecular flexibility index (Phi) is 4.27. The van der Waals surface area contributed by atoms with E-state index >= 15 is 0 Å². The molecule has 1 amide bonds. The predicted octanol–water partition coefficient (Wildman–Crippen LogP) is 3.53. The summed E-state index contributed by atoms with van der Waals surface area (Å²) in [6.45, 7) is 0. The summed E-state index contributed by atoms with van der Waals surface area (Å²) >= 11 is 5.71. The van der Waals surface area contributed by atoms with Gasteiger partial charge in [-0.3, -0.25) is 4.79 Å². The minimum Gasteiger partial charge on any atom is -0.496 e. The van der Waals surface area contributed by atoms with E-state index in [1.807, 2.05) is 0 Å². The SMILES string of the molecule is COc1cc(Cl)ncc1-c1c(C(N)=O)cccc1C(F)(F)F. The zero-order chi connectivity index (χ0) is 16.5. The van der Waals surface area contributed by atoms with E-state index in [1.165, 1.54) is 19.2 Å². The van der Waals surface area contributed by atoms with Crippen LogP contribution in [-0.2, 0) is 6.18 Å². The molecule has 0 unspecified atom stereocenters. The van der Waals surface area contributed by atoms with Gasteiger partial charge in [0.05, 0.1) is 12.7 Å². The number of rotatable bonds is 3. The van der Waals surface area contributed by atoms with Gasteiger partial charge in [-0.15, -0.1) is 0 Å². The third-order valence-corrected chi connectivity index (χ3v) is 3.16. The fourth-order valence-corrected chi connectivity index (χ4v) is 2.20. The fourth-order valence-electron chi connectivity index (χ4n) is 2.05. The van der Waals surface area contributed by atoms with E-state index in [-0.39, 0.29) is 27.6 Å². The highest BCUT2D eigenvalue weighted by molar-refractivity contribution is 6.29. The number of nitrogens with two attached hydrogens (primary N) is 1. The summed E-state index contributed by atoms with van der Waals surface area (Å²) in [5.74, 6) is -0.933. The molecule has 0 aliphatic heterocycles. The molecule has 0 fully saturated rings. The number of nitrogens with zero attached hydrogens (tertiary/aromatic N) is 1. The Hall–Kier alpha value is -2.28. The van der Waals surface area contributed by atoms with Crippen molar-refractivity contribution >= 4 is 17.5 Å². The van der Waals surface area contributed by atoms with E-state index in [4.69, 9.17) is 22.1 Å². The summed E-state index contributed by atoms with van der Waals surface area (Å²) in [6, 6.07) is 4.44. The zero-order valence-corrected chi connectivity index (χ0v) is 12.0. The number of halogens is 4. The minimum atomic E-state index is -4.68. The van der Waals surface area contributed by atoms with E-state index in [2.05, 4.69) is 4.98 Å². The topological polar surface area (TPSA) is 65.2 Å². The maximum atomic E-state index is 13.3. The first-order chi connectivity index (χ1) is 10.3. The number of carbonyl (C=O) groups excluding carboxylic acids is 1. The quantitative estimate of drug-likeness (QED) is 0.876. The Bertz CT molecular complexity index is 733. The number of benzene rings is 1. The van der Waals surface area contributed by atoms with Crippen LogP contribution < -0.4 is 10.5 Å². The molecule has 2 rings (SSSR count). The van der Waals surface area contributed by atoms with Crippen LogP contribution in [-0.4, -0.2) is 18.0 Å². The molecular weight excluding hydrogens is 321 g/mol. The summed E-state index contributed by atoms with van der Waals surface area (Å²) in [6.07, 6.45) is -3.57. The molecule has 1 aromatic carbocycles. The van der Waals surface area contributed by atoms with Crippen LogP contribution in [0, 0.1) is 0 Å². The van der Waals surface area contributed by atoms with Gasteiger partial charge in [0, 0.05) is 29.0 Å². The third-order valence-electron chi connectivity index (χ3n) is 2.96. The Balaban J connectivity index is 2.86. The maximum Gasteiger partial charge on any atom is 0.417 e. The van der Waals surface area contributed by atoms with E-state index in [0.29, 0.717) is 0 Å². The van der Waals surface area contributed by atoms with Crippen LogP contribution in [0.3, 0.4) is 0 Å². The zero-order valence-electron chi connectivity index (χ0n) is 11.2. The molecule has 0 spiro atoms. The van der Waals surface area contributed by atoms with Gasteiger partial charge in [-0.05, 0) is 12.1 Å². The minimum absolute atomic E-state index is 0.0198. The van der Waals surface area contributed by atoms with Crippen LogP contribution in [0.25, 0.3) is 11.1 Å². The number of alkyl halides is 3. The lowest BCUT2D eigenvalue weighted by Gasteiger charge is -2.17. The molecule has 0 radical (unpaired) electrons. The Morgan fingerprint density at radius 1 is 1.36 bits per heavy atom. The van der Waals surface area contributed by atoms with Crippen molar-refractivity contribution < 1.29 is 22.7 Å². The van der Waals surface area contributed by atoms with Crippen LogP contribution in [0.4, 0.5) is 13.2 Å². The summed E-state index contributed by atoms with van der Waals surface area (Å²) in [7, 11) is 1.27. The van der Waals surface area contributed by atoms with Crippen LogP contribution in [0.15, 0.2) is 30.5 Å². The third kappa shape index (κ3) is 2.99. The molecular formula is C14H10ClF3N2O2. The molecule has 0 aliphatic carbocycles. The molecule has 1 heterocycles. The van der Waals surface area contributed by atoms with Crippen molar-refractivity contribution in [3.63, 3.8) is 0 Å². The lowest BCUT2D eigenvalue weighted by Crippen LogP contribution is -2.16. The Labute approximate surface area is 128 Å². The molecule has 22 heavy (non-hydrogen) atoms. The lowest BCUT2D eigenvalue weighted by atomic mass is 9.94. The highest BCUT2D eigenvalue weighted by atomic mass is 35.5. The van der Waals surface area contributed by atoms with Gasteiger partial charge < -0.3 is 10.5 Å². The second kappa shape index (κ2) is 5.84. The van der Waals surface area contributed by atoms with Crippen molar-refractivity contribution in [2.24, 2.45) is 5.73 Å². The molecule has 0 atom stereocenters. The number of methoxy groups -OCH3 is 1. The van der Waals surface area contributed by atoms with Crippen LogP contribution in [0.2, 0.25) is 5.15 Å². The second-order valence-electron chi connectivity index (χ2n) is 4.30. The van der Waals surface area contributed by atoms with Crippen molar-refractivity contribution in [2.75, 3.05) is 7.11 Å². The van der Waals surface area contributed by atoms with Gasteiger partial charge in [-0.25, -0.2) is 4.98 Å². The van der Waals surface area contributed by atoms with Crippen molar-refractivity contribution in [2.45, 2.75) is 6.18 Å². The molecule has 8 heteroatoms.